The third kappa shape index (κ3) is 4.18. The molecule has 0 unspecified atom stereocenters. The molecule has 0 saturated heterocycles. The van der Waals surface area contributed by atoms with Crippen LogP contribution in [0.25, 0.3) is 11.5 Å². The first-order chi connectivity index (χ1) is 10.6. The molecule has 0 spiro atoms. The lowest BCUT2D eigenvalue weighted by molar-refractivity contribution is -0.140. The molecule has 8 heteroatoms. The summed E-state index contributed by atoms with van der Waals surface area (Å²) in [6.07, 6.45) is 5.43. The van der Waals surface area contributed by atoms with Crippen LogP contribution in [0.15, 0.2) is 18.5 Å². The second kappa shape index (κ2) is 7.39. The SMILES string of the molecule is COC(=O)CCCCC(=O)Nc1cc(-c2nccn2C)[nH]n1. The molecular weight excluding hydrogens is 286 g/mol. The molecule has 0 aliphatic carbocycles. The molecule has 118 valence electrons. The van der Waals surface area contributed by atoms with Gasteiger partial charge in [-0.3, -0.25) is 14.7 Å². The first-order valence-corrected chi connectivity index (χ1v) is 7.00. The van der Waals surface area contributed by atoms with Crippen LogP contribution in [0.4, 0.5) is 5.82 Å². The Morgan fingerprint density at radius 1 is 1.36 bits per heavy atom. The molecule has 0 aromatic carbocycles. The number of aromatic nitrogens is 4. The number of anilines is 1. The second-order valence-electron chi connectivity index (χ2n) is 4.86. The maximum atomic E-state index is 11.8. The van der Waals surface area contributed by atoms with E-state index in [-0.39, 0.29) is 11.9 Å². The summed E-state index contributed by atoms with van der Waals surface area (Å²) in [4.78, 5) is 26.9. The lowest BCUT2D eigenvalue weighted by atomic mass is 10.2. The maximum Gasteiger partial charge on any atom is 0.305 e. The smallest absolute Gasteiger partial charge is 0.305 e. The van der Waals surface area contributed by atoms with Gasteiger partial charge in [-0.25, -0.2) is 4.98 Å². The molecule has 0 bridgehead atoms. The van der Waals surface area contributed by atoms with Crippen molar-refractivity contribution in [2.75, 3.05) is 12.4 Å². The van der Waals surface area contributed by atoms with E-state index in [0.717, 1.165) is 11.5 Å². The van der Waals surface area contributed by atoms with E-state index in [1.807, 2.05) is 17.8 Å². The Morgan fingerprint density at radius 2 is 2.14 bits per heavy atom. The average molecular weight is 305 g/mol. The number of H-pyrrole nitrogens is 1. The fourth-order valence-corrected chi connectivity index (χ4v) is 1.99. The molecule has 1 amide bonds. The number of methoxy groups -OCH3 is 1. The van der Waals surface area contributed by atoms with E-state index in [2.05, 4.69) is 25.2 Å². The predicted octanol–water partition coefficient (Wildman–Crippen LogP) is 1.48. The molecular formula is C14H19N5O3. The molecule has 0 aliphatic rings. The van der Waals surface area contributed by atoms with Crippen LogP contribution in [0.5, 0.6) is 0 Å². The zero-order valence-corrected chi connectivity index (χ0v) is 12.6. The minimum absolute atomic E-state index is 0.136. The first kappa shape index (κ1) is 15.7. The van der Waals surface area contributed by atoms with Gasteiger partial charge < -0.3 is 14.6 Å². The van der Waals surface area contributed by atoms with Crippen molar-refractivity contribution in [3.05, 3.63) is 18.5 Å². The normalized spacial score (nSPS) is 10.5. The van der Waals surface area contributed by atoms with Crippen LogP contribution < -0.4 is 5.32 Å². The minimum atomic E-state index is -0.257. The quantitative estimate of drug-likeness (QED) is 0.596. The van der Waals surface area contributed by atoms with Crippen molar-refractivity contribution in [2.45, 2.75) is 25.7 Å². The molecule has 22 heavy (non-hydrogen) atoms. The van der Waals surface area contributed by atoms with Gasteiger partial charge in [-0.1, -0.05) is 0 Å². The second-order valence-corrected chi connectivity index (χ2v) is 4.86. The van der Waals surface area contributed by atoms with E-state index in [1.165, 1.54) is 7.11 Å². The summed E-state index contributed by atoms with van der Waals surface area (Å²) in [6, 6.07) is 1.73. The highest BCUT2D eigenvalue weighted by Crippen LogP contribution is 2.17. The molecule has 0 radical (unpaired) electrons. The number of amides is 1. The molecule has 0 fully saturated rings. The van der Waals surface area contributed by atoms with Gasteiger partial charge in [0, 0.05) is 38.3 Å². The fraction of sp³-hybridized carbons (Fsp3) is 0.429. The van der Waals surface area contributed by atoms with E-state index in [9.17, 15) is 9.59 Å². The summed E-state index contributed by atoms with van der Waals surface area (Å²) in [5.41, 5.74) is 0.730. The van der Waals surface area contributed by atoms with Crippen LogP contribution in [0, 0.1) is 0 Å². The van der Waals surface area contributed by atoms with Gasteiger partial charge in [-0.2, -0.15) is 5.10 Å². The summed E-state index contributed by atoms with van der Waals surface area (Å²) in [5.74, 6) is 0.803. The third-order valence-corrected chi connectivity index (χ3v) is 3.17. The number of carbonyl (C=O) groups is 2. The first-order valence-electron chi connectivity index (χ1n) is 7.00. The standard InChI is InChI=1S/C14H19N5O3/c1-19-8-7-15-14(19)10-9-11(18-17-10)16-12(20)5-3-4-6-13(21)22-2/h7-9H,3-6H2,1-2H3,(H2,16,17,18,20). The zero-order chi connectivity index (χ0) is 15.9. The summed E-state index contributed by atoms with van der Waals surface area (Å²) in [6.45, 7) is 0. The van der Waals surface area contributed by atoms with Crippen molar-refractivity contribution < 1.29 is 14.3 Å². The number of imidazole rings is 1. The Balaban J connectivity index is 1.79. The van der Waals surface area contributed by atoms with E-state index in [4.69, 9.17) is 0 Å². The number of aryl methyl sites for hydroxylation is 1. The molecule has 2 N–H and O–H groups in total. The highest BCUT2D eigenvalue weighted by atomic mass is 16.5. The van der Waals surface area contributed by atoms with Gasteiger partial charge in [0.25, 0.3) is 0 Å². The maximum absolute atomic E-state index is 11.8. The van der Waals surface area contributed by atoms with Gasteiger partial charge in [0.2, 0.25) is 5.91 Å². The highest BCUT2D eigenvalue weighted by molar-refractivity contribution is 5.90. The van der Waals surface area contributed by atoms with Crippen molar-refractivity contribution in [1.82, 2.24) is 19.7 Å². The third-order valence-electron chi connectivity index (χ3n) is 3.17. The lowest BCUT2D eigenvalue weighted by Crippen LogP contribution is -2.11. The summed E-state index contributed by atoms with van der Waals surface area (Å²) >= 11 is 0. The molecule has 0 aliphatic heterocycles. The number of unbranched alkanes of at least 4 members (excludes halogenated alkanes) is 1. The molecule has 0 atom stereocenters. The van der Waals surface area contributed by atoms with Gasteiger partial charge in [0.05, 0.1) is 7.11 Å². The van der Waals surface area contributed by atoms with E-state index >= 15 is 0 Å². The zero-order valence-electron chi connectivity index (χ0n) is 12.6. The molecule has 2 aromatic heterocycles. The number of ether oxygens (including phenoxy) is 1. The van der Waals surface area contributed by atoms with Gasteiger partial charge in [-0.05, 0) is 12.8 Å². The largest absolute Gasteiger partial charge is 0.469 e. The van der Waals surface area contributed by atoms with Crippen LogP contribution in [-0.2, 0) is 21.4 Å². The predicted molar refractivity (Wildman–Crippen MR) is 79.9 cm³/mol. The van der Waals surface area contributed by atoms with Crippen LogP contribution in [-0.4, -0.2) is 38.7 Å². The van der Waals surface area contributed by atoms with E-state index in [1.54, 1.807) is 12.3 Å². The number of aromatic amines is 1. The average Bonchev–Trinajstić information content (AvgIpc) is 3.12. The van der Waals surface area contributed by atoms with Crippen molar-refractivity contribution in [2.24, 2.45) is 7.05 Å². The molecule has 2 rings (SSSR count). The number of carbonyl (C=O) groups excluding carboxylic acids is 2. The number of hydrogen-bond acceptors (Lipinski definition) is 5. The van der Waals surface area contributed by atoms with Gasteiger partial charge in [-0.15, -0.1) is 0 Å². The molecule has 8 nitrogen and oxygen atoms in total. The topological polar surface area (TPSA) is 102 Å². The van der Waals surface area contributed by atoms with E-state index in [0.29, 0.717) is 31.5 Å². The monoisotopic (exact) mass is 305 g/mol. The number of nitrogens with one attached hydrogen (secondary N) is 2. The van der Waals surface area contributed by atoms with Crippen LogP contribution >= 0.6 is 0 Å². The minimum Gasteiger partial charge on any atom is -0.469 e. The van der Waals surface area contributed by atoms with E-state index < -0.39 is 0 Å². The van der Waals surface area contributed by atoms with Crippen molar-refractivity contribution in [3.63, 3.8) is 0 Å². The van der Waals surface area contributed by atoms with Gasteiger partial charge >= 0.3 is 5.97 Å². The Kier molecular flexibility index (Phi) is 5.29. The van der Waals surface area contributed by atoms with Crippen LogP contribution in [0.2, 0.25) is 0 Å². The van der Waals surface area contributed by atoms with Crippen molar-refractivity contribution in [1.29, 1.82) is 0 Å². The number of rotatable bonds is 7. The fourth-order valence-electron chi connectivity index (χ4n) is 1.99. The number of esters is 1. The van der Waals surface area contributed by atoms with Crippen molar-refractivity contribution >= 4 is 17.7 Å². The Hall–Kier alpha value is -2.64. The van der Waals surface area contributed by atoms with Crippen LogP contribution in [0.3, 0.4) is 0 Å². The molecule has 0 saturated carbocycles. The van der Waals surface area contributed by atoms with Crippen LogP contribution in [0.1, 0.15) is 25.7 Å². The lowest BCUT2D eigenvalue weighted by Gasteiger charge is -2.01. The summed E-state index contributed by atoms with van der Waals surface area (Å²) < 4.78 is 6.39. The highest BCUT2D eigenvalue weighted by Gasteiger charge is 2.10. The number of hydrogen-bond donors (Lipinski definition) is 2. The molecule has 2 heterocycles. The Morgan fingerprint density at radius 3 is 2.82 bits per heavy atom. The summed E-state index contributed by atoms with van der Waals surface area (Å²) in [5, 5.41) is 9.58. The number of nitrogens with zero attached hydrogens (tertiary/aromatic N) is 3. The van der Waals surface area contributed by atoms with Gasteiger partial charge in [0.1, 0.15) is 5.69 Å². The summed E-state index contributed by atoms with van der Waals surface area (Å²) in [7, 11) is 3.23. The Labute approximate surface area is 127 Å². The Bertz CT molecular complexity index is 646. The van der Waals surface area contributed by atoms with Crippen molar-refractivity contribution in [3.8, 4) is 11.5 Å². The molecule has 2 aromatic rings. The van der Waals surface area contributed by atoms with Gasteiger partial charge in [0.15, 0.2) is 11.6 Å².